The normalized spacial score (nSPS) is 11.5. The van der Waals surface area contributed by atoms with Crippen LogP contribution >= 0.6 is 11.3 Å². The molecule has 0 N–H and O–H groups in total. The van der Waals surface area contributed by atoms with Crippen LogP contribution in [0.15, 0.2) is 53.9 Å². The second-order valence-corrected chi connectivity index (χ2v) is 5.41. The number of hydrogen-bond acceptors (Lipinski definition) is 2. The first-order valence-electron chi connectivity index (χ1n) is 6.81. The number of hydrogen-bond donors (Lipinski definition) is 0. The zero-order chi connectivity index (χ0) is 13.3. The molecular weight excluding hydrogens is 252 g/mol. The Morgan fingerprint density at radius 1 is 1.16 bits per heavy atom. The minimum Gasteiger partial charge on any atom is -0.488 e. The summed E-state index contributed by atoms with van der Waals surface area (Å²) in [5.41, 5.74) is 1.21. The van der Waals surface area contributed by atoms with Gasteiger partial charge in [0.1, 0.15) is 12.4 Å². The van der Waals surface area contributed by atoms with Crippen LogP contribution in [0.5, 0.6) is 0 Å². The molecule has 2 aromatic rings. The quantitative estimate of drug-likeness (QED) is 0.478. The fraction of sp³-hybridized carbons (Fsp3) is 0.294. The van der Waals surface area contributed by atoms with Gasteiger partial charge in [-0.1, -0.05) is 49.7 Å². The predicted molar refractivity (Wildman–Crippen MR) is 83.1 cm³/mol. The Hall–Kier alpha value is -1.54. The number of ether oxygens (including phenoxy) is 1. The molecule has 0 bridgehead atoms. The molecule has 1 heterocycles. The number of benzene rings is 1. The zero-order valence-electron chi connectivity index (χ0n) is 11.3. The van der Waals surface area contributed by atoms with Gasteiger partial charge < -0.3 is 4.74 Å². The maximum Gasteiger partial charge on any atom is 0.133 e. The van der Waals surface area contributed by atoms with E-state index in [1.807, 2.05) is 18.2 Å². The van der Waals surface area contributed by atoms with Crippen LogP contribution in [0.1, 0.15) is 36.6 Å². The SMILES string of the molecule is CCCC/C=C(\OCc1ccccc1)c1cccs1. The highest BCUT2D eigenvalue weighted by molar-refractivity contribution is 7.11. The highest BCUT2D eigenvalue weighted by Gasteiger charge is 2.04. The predicted octanol–water partition coefficient (Wildman–Crippen LogP) is 5.50. The van der Waals surface area contributed by atoms with Crippen LogP contribution < -0.4 is 0 Å². The molecule has 1 aromatic carbocycles. The van der Waals surface area contributed by atoms with Crippen LogP contribution in [0.2, 0.25) is 0 Å². The number of rotatable bonds is 7. The van der Waals surface area contributed by atoms with Gasteiger partial charge in [0.15, 0.2) is 0 Å². The number of thiophene rings is 1. The van der Waals surface area contributed by atoms with E-state index in [2.05, 4.69) is 42.6 Å². The smallest absolute Gasteiger partial charge is 0.133 e. The average Bonchev–Trinajstić information content (AvgIpc) is 2.98. The van der Waals surface area contributed by atoms with Crippen molar-refractivity contribution in [3.05, 3.63) is 64.4 Å². The van der Waals surface area contributed by atoms with Gasteiger partial charge in [-0.3, -0.25) is 0 Å². The molecule has 2 rings (SSSR count). The molecule has 1 nitrogen and oxygen atoms in total. The van der Waals surface area contributed by atoms with E-state index in [0.29, 0.717) is 6.61 Å². The monoisotopic (exact) mass is 272 g/mol. The molecule has 0 aliphatic rings. The molecule has 0 atom stereocenters. The van der Waals surface area contributed by atoms with Crippen LogP contribution in [0.4, 0.5) is 0 Å². The summed E-state index contributed by atoms with van der Waals surface area (Å²) in [6.07, 6.45) is 5.73. The lowest BCUT2D eigenvalue weighted by Crippen LogP contribution is -1.92. The Bertz CT molecular complexity index is 485. The van der Waals surface area contributed by atoms with Crippen molar-refractivity contribution in [2.45, 2.75) is 32.8 Å². The van der Waals surface area contributed by atoms with Crippen LogP contribution in [0.3, 0.4) is 0 Å². The second-order valence-electron chi connectivity index (χ2n) is 4.46. The molecule has 0 aliphatic heterocycles. The van der Waals surface area contributed by atoms with Crippen LogP contribution in [0.25, 0.3) is 5.76 Å². The topological polar surface area (TPSA) is 9.23 Å². The first-order chi connectivity index (χ1) is 9.40. The highest BCUT2D eigenvalue weighted by Crippen LogP contribution is 2.23. The molecule has 0 saturated carbocycles. The number of allylic oxidation sites excluding steroid dienone is 1. The molecule has 0 fully saturated rings. The van der Waals surface area contributed by atoms with Crippen molar-refractivity contribution in [3.63, 3.8) is 0 Å². The Kier molecular flexibility index (Phi) is 5.70. The van der Waals surface area contributed by atoms with E-state index in [1.165, 1.54) is 23.3 Å². The minimum atomic E-state index is 0.636. The lowest BCUT2D eigenvalue weighted by atomic mass is 10.2. The Labute approximate surface area is 119 Å². The van der Waals surface area contributed by atoms with E-state index in [4.69, 9.17) is 4.74 Å². The fourth-order valence-corrected chi connectivity index (χ4v) is 2.54. The molecule has 0 amide bonds. The van der Waals surface area contributed by atoms with Gasteiger partial charge >= 0.3 is 0 Å². The summed E-state index contributed by atoms with van der Waals surface area (Å²) in [5.74, 6) is 1.02. The summed E-state index contributed by atoms with van der Waals surface area (Å²) in [5, 5.41) is 2.09. The van der Waals surface area contributed by atoms with E-state index in [-0.39, 0.29) is 0 Å². The molecule has 0 spiro atoms. The van der Waals surface area contributed by atoms with Gasteiger partial charge in [-0.2, -0.15) is 0 Å². The first kappa shape index (κ1) is 13.9. The number of unbranched alkanes of at least 4 members (excludes halogenated alkanes) is 2. The summed E-state index contributed by atoms with van der Waals surface area (Å²) in [6, 6.07) is 14.5. The lowest BCUT2D eigenvalue weighted by Gasteiger charge is -2.09. The minimum absolute atomic E-state index is 0.636. The van der Waals surface area contributed by atoms with Gasteiger partial charge in [0.25, 0.3) is 0 Å². The molecule has 0 aliphatic carbocycles. The van der Waals surface area contributed by atoms with Crippen molar-refractivity contribution in [3.8, 4) is 0 Å². The maximum atomic E-state index is 5.99. The van der Waals surface area contributed by atoms with Gasteiger partial charge in [0.2, 0.25) is 0 Å². The van der Waals surface area contributed by atoms with E-state index >= 15 is 0 Å². The third-order valence-corrected chi connectivity index (χ3v) is 3.77. The molecule has 100 valence electrons. The lowest BCUT2D eigenvalue weighted by molar-refractivity contribution is 0.264. The van der Waals surface area contributed by atoms with Crippen molar-refractivity contribution >= 4 is 17.1 Å². The first-order valence-corrected chi connectivity index (χ1v) is 7.69. The molecule has 0 saturated heterocycles. The van der Waals surface area contributed by atoms with Crippen LogP contribution in [-0.2, 0) is 11.3 Å². The summed E-state index contributed by atoms with van der Waals surface area (Å²) in [4.78, 5) is 1.21. The van der Waals surface area contributed by atoms with Crippen LogP contribution in [-0.4, -0.2) is 0 Å². The van der Waals surface area contributed by atoms with Crippen molar-refractivity contribution in [2.75, 3.05) is 0 Å². The third kappa shape index (κ3) is 4.56. The molecule has 19 heavy (non-hydrogen) atoms. The summed E-state index contributed by atoms with van der Waals surface area (Å²) >= 11 is 1.73. The molecule has 0 unspecified atom stereocenters. The van der Waals surface area contributed by atoms with E-state index in [0.717, 1.165) is 12.2 Å². The van der Waals surface area contributed by atoms with Gasteiger partial charge in [-0.15, -0.1) is 11.3 Å². The Balaban J connectivity index is 2.00. The van der Waals surface area contributed by atoms with Gasteiger partial charge in [0.05, 0.1) is 4.88 Å². The molecular formula is C17H20OS. The highest BCUT2D eigenvalue weighted by atomic mass is 32.1. The van der Waals surface area contributed by atoms with E-state index in [9.17, 15) is 0 Å². The van der Waals surface area contributed by atoms with Crippen molar-refractivity contribution in [1.82, 2.24) is 0 Å². The molecule has 1 aromatic heterocycles. The maximum absolute atomic E-state index is 5.99. The molecule has 2 heteroatoms. The van der Waals surface area contributed by atoms with E-state index in [1.54, 1.807) is 11.3 Å². The Morgan fingerprint density at radius 3 is 2.68 bits per heavy atom. The van der Waals surface area contributed by atoms with Gasteiger partial charge in [0, 0.05) is 0 Å². The standard InChI is InChI=1S/C17H20OS/c1-2-3-5-11-16(17-12-8-13-19-17)18-14-15-9-6-4-7-10-15/h4,6-13H,2-3,5,14H2,1H3/b16-11-. The zero-order valence-corrected chi connectivity index (χ0v) is 12.2. The van der Waals surface area contributed by atoms with Crippen molar-refractivity contribution in [1.29, 1.82) is 0 Å². The van der Waals surface area contributed by atoms with Gasteiger partial charge in [-0.25, -0.2) is 0 Å². The van der Waals surface area contributed by atoms with Crippen molar-refractivity contribution in [2.24, 2.45) is 0 Å². The van der Waals surface area contributed by atoms with E-state index < -0.39 is 0 Å². The molecule has 0 radical (unpaired) electrons. The Morgan fingerprint density at radius 2 is 2.00 bits per heavy atom. The van der Waals surface area contributed by atoms with Crippen LogP contribution in [0, 0.1) is 0 Å². The fourth-order valence-electron chi connectivity index (χ4n) is 1.82. The average molecular weight is 272 g/mol. The van der Waals surface area contributed by atoms with Gasteiger partial charge in [-0.05, 0) is 35.9 Å². The third-order valence-electron chi connectivity index (χ3n) is 2.89. The summed E-state index contributed by atoms with van der Waals surface area (Å²) < 4.78 is 5.99. The van der Waals surface area contributed by atoms with Crippen molar-refractivity contribution < 1.29 is 4.74 Å². The largest absolute Gasteiger partial charge is 0.488 e. The summed E-state index contributed by atoms with van der Waals surface area (Å²) in [7, 11) is 0. The summed E-state index contributed by atoms with van der Waals surface area (Å²) in [6.45, 7) is 2.85. The second kappa shape index (κ2) is 7.80.